The van der Waals surface area contributed by atoms with Crippen molar-refractivity contribution in [1.29, 1.82) is 0 Å². The van der Waals surface area contributed by atoms with Crippen molar-refractivity contribution >= 4 is 23.5 Å². The van der Waals surface area contributed by atoms with Crippen molar-refractivity contribution < 1.29 is 9.59 Å². The number of carbonyl (C=O) groups is 2. The highest BCUT2D eigenvalue weighted by Gasteiger charge is 2.34. The fourth-order valence-corrected chi connectivity index (χ4v) is 3.52. The van der Waals surface area contributed by atoms with Crippen LogP contribution in [0.15, 0.2) is 0 Å². The van der Waals surface area contributed by atoms with Gasteiger partial charge in [-0.05, 0) is 25.3 Å². The van der Waals surface area contributed by atoms with Crippen molar-refractivity contribution in [1.82, 2.24) is 16.0 Å². The summed E-state index contributed by atoms with van der Waals surface area (Å²) in [5, 5.41) is 9.11. The molecule has 0 aromatic heterocycles. The van der Waals surface area contributed by atoms with E-state index in [0.717, 1.165) is 31.7 Å². The molecule has 0 aromatic rings. The Morgan fingerprint density at radius 2 is 2.05 bits per heavy atom. The summed E-state index contributed by atoms with van der Waals surface area (Å²) < 4.78 is 0. The van der Waals surface area contributed by atoms with Crippen molar-refractivity contribution in [2.45, 2.75) is 44.1 Å². The van der Waals surface area contributed by atoms with Crippen LogP contribution >= 0.6 is 11.8 Å². The van der Waals surface area contributed by atoms with Gasteiger partial charge in [-0.3, -0.25) is 14.9 Å². The van der Waals surface area contributed by atoms with E-state index in [0.29, 0.717) is 0 Å². The fraction of sp³-hybridized carbons (Fsp3) is 0.846. The Hall–Kier alpha value is -0.590. The lowest BCUT2D eigenvalue weighted by Crippen LogP contribution is -2.53. The molecule has 0 spiro atoms. The summed E-state index contributed by atoms with van der Waals surface area (Å²) in [6.45, 7) is 5.71. The van der Waals surface area contributed by atoms with Crippen molar-refractivity contribution in [3.05, 3.63) is 0 Å². The van der Waals surface area contributed by atoms with Gasteiger partial charge in [0, 0.05) is 12.3 Å². The Balaban J connectivity index is 1.94. The molecular formula is C13H23N3O2S. The first kappa shape index (κ1) is 14.8. The lowest BCUT2D eigenvalue weighted by Gasteiger charge is -2.25. The first-order valence-electron chi connectivity index (χ1n) is 7.02. The highest BCUT2D eigenvalue weighted by molar-refractivity contribution is 8.00. The number of rotatable bonds is 5. The second kappa shape index (κ2) is 6.72. The summed E-state index contributed by atoms with van der Waals surface area (Å²) in [4.78, 5) is 24.5. The molecule has 19 heavy (non-hydrogen) atoms. The molecule has 1 amide bonds. The van der Waals surface area contributed by atoms with Crippen LogP contribution in [0.25, 0.3) is 0 Å². The van der Waals surface area contributed by atoms with E-state index in [1.165, 1.54) is 0 Å². The van der Waals surface area contributed by atoms with E-state index in [1.807, 2.05) is 13.8 Å². The molecule has 3 N–H and O–H groups in total. The van der Waals surface area contributed by atoms with Gasteiger partial charge in [0.25, 0.3) is 0 Å². The molecule has 2 heterocycles. The maximum atomic E-state index is 12.4. The molecule has 3 atom stereocenters. The monoisotopic (exact) mass is 285 g/mol. The summed E-state index contributed by atoms with van der Waals surface area (Å²) >= 11 is 1.63. The molecule has 2 aliphatic heterocycles. The van der Waals surface area contributed by atoms with Crippen LogP contribution in [0.2, 0.25) is 0 Å². The van der Waals surface area contributed by atoms with E-state index in [1.54, 1.807) is 11.8 Å². The highest BCUT2D eigenvalue weighted by Crippen LogP contribution is 2.19. The maximum absolute atomic E-state index is 12.4. The molecule has 0 aliphatic carbocycles. The maximum Gasteiger partial charge on any atom is 0.237 e. The average Bonchev–Trinajstić information content (AvgIpc) is 3.05. The van der Waals surface area contributed by atoms with Crippen LogP contribution in [0.3, 0.4) is 0 Å². The third kappa shape index (κ3) is 3.70. The topological polar surface area (TPSA) is 70.2 Å². The molecule has 2 fully saturated rings. The molecule has 0 bridgehead atoms. The van der Waals surface area contributed by atoms with Gasteiger partial charge in [-0.1, -0.05) is 13.8 Å². The summed E-state index contributed by atoms with van der Waals surface area (Å²) in [5.74, 6) is 1.14. The molecule has 0 saturated carbocycles. The molecule has 6 heteroatoms. The Morgan fingerprint density at radius 1 is 1.26 bits per heavy atom. The van der Waals surface area contributed by atoms with E-state index in [2.05, 4.69) is 16.0 Å². The lowest BCUT2D eigenvalue weighted by molar-refractivity contribution is -0.129. The number of hydrogen-bond donors (Lipinski definition) is 3. The predicted molar refractivity (Wildman–Crippen MR) is 77.0 cm³/mol. The van der Waals surface area contributed by atoms with Crippen LogP contribution in [-0.4, -0.2) is 48.0 Å². The molecule has 5 nitrogen and oxygen atoms in total. The van der Waals surface area contributed by atoms with E-state index >= 15 is 0 Å². The van der Waals surface area contributed by atoms with E-state index < -0.39 is 6.04 Å². The van der Waals surface area contributed by atoms with Crippen LogP contribution < -0.4 is 16.0 Å². The van der Waals surface area contributed by atoms with Crippen molar-refractivity contribution in [3.8, 4) is 0 Å². The van der Waals surface area contributed by atoms with Crippen LogP contribution in [-0.2, 0) is 9.59 Å². The number of Topliss-reactive ketones (excluding diaryl/α,β-unsaturated/α-hetero) is 1. The minimum Gasteiger partial charge on any atom is -0.345 e. The van der Waals surface area contributed by atoms with Crippen molar-refractivity contribution in [2.75, 3.05) is 18.8 Å². The highest BCUT2D eigenvalue weighted by atomic mass is 32.2. The molecule has 3 unspecified atom stereocenters. The molecule has 2 aliphatic rings. The van der Waals surface area contributed by atoms with Gasteiger partial charge in [-0.2, -0.15) is 0 Å². The number of thioether (sulfide) groups is 1. The molecule has 108 valence electrons. The van der Waals surface area contributed by atoms with E-state index in [-0.39, 0.29) is 29.0 Å². The number of carbonyl (C=O) groups excluding carboxylic acids is 2. The Labute approximate surface area is 118 Å². The number of hydrogen-bond acceptors (Lipinski definition) is 5. The number of ketones is 1. The van der Waals surface area contributed by atoms with Gasteiger partial charge >= 0.3 is 0 Å². The smallest absolute Gasteiger partial charge is 0.237 e. The van der Waals surface area contributed by atoms with E-state index in [9.17, 15) is 9.59 Å². The van der Waals surface area contributed by atoms with Crippen LogP contribution in [0.4, 0.5) is 0 Å². The van der Waals surface area contributed by atoms with Gasteiger partial charge in [-0.25, -0.2) is 0 Å². The van der Waals surface area contributed by atoms with Crippen LogP contribution in [0.1, 0.15) is 26.7 Å². The zero-order chi connectivity index (χ0) is 13.8. The molecule has 0 radical (unpaired) electrons. The fourth-order valence-electron chi connectivity index (χ4n) is 2.50. The Kier molecular flexibility index (Phi) is 5.24. The van der Waals surface area contributed by atoms with Gasteiger partial charge in [-0.15, -0.1) is 11.8 Å². The second-order valence-electron chi connectivity index (χ2n) is 5.49. The number of nitrogens with one attached hydrogen (secondary N) is 3. The van der Waals surface area contributed by atoms with Crippen molar-refractivity contribution in [3.63, 3.8) is 0 Å². The third-order valence-corrected chi connectivity index (χ3v) is 4.79. The largest absolute Gasteiger partial charge is 0.345 e. The zero-order valence-electron chi connectivity index (χ0n) is 11.6. The van der Waals surface area contributed by atoms with E-state index in [4.69, 9.17) is 0 Å². The quantitative estimate of drug-likeness (QED) is 0.669. The summed E-state index contributed by atoms with van der Waals surface area (Å²) in [6, 6.07) is -0.517. The Morgan fingerprint density at radius 3 is 2.58 bits per heavy atom. The van der Waals surface area contributed by atoms with Gasteiger partial charge < -0.3 is 10.6 Å². The van der Waals surface area contributed by atoms with Gasteiger partial charge in [0.1, 0.15) is 5.37 Å². The average molecular weight is 285 g/mol. The van der Waals surface area contributed by atoms with Crippen LogP contribution in [0, 0.1) is 5.92 Å². The zero-order valence-corrected chi connectivity index (χ0v) is 12.4. The molecular weight excluding hydrogens is 262 g/mol. The molecule has 2 rings (SSSR count). The summed E-state index contributed by atoms with van der Waals surface area (Å²) in [7, 11) is 0. The minimum atomic E-state index is -0.391. The van der Waals surface area contributed by atoms with Gasteiger partial charge in [0.05, 0.1) is 12.1 Å². The summed E-state index contributed by atoms with van der Waals surface area (Å²) in [6.07, 6.45) is 1.89. The summed E-state index contributed by atoms with van der Waals surface area (Å²) in [5.41, 5.74) is 0. The van der Waals surface area contributed by atoms with Crippen LogP contribution in [0.5, 0.6) is 0 Å². The first-order valence-corrected chi connectivity index (χ1v) is 8.07. The molecule has 0 aromatic carbocycles. The van der Waals surface area contributed by atoms with Gasteiger partial charge in [0.15, 0.2) is 5.78 Å². The van der Waals surface area contributed by atoms with Gasteiger partial charge in [0.2, 0.25) is 5.91 Å². The number of amides is 1. The SMILES string of the molecule is CC(C)C(NC(=O)C1CCCN1)C(=O)C1NCCS1. The van der Waals surface area contributed by atoms with Crippen molar-refractivity contribution in [2.24, 2.45) is 5.92 Å². The minimum absolute atomic E-state index is 0.0347. The third-order valence-electron chi connectivity index (χ3n) is 3.62. The normalized spacial score (nSPS) is 28.6. The standard InChI is InChI=1S/C13H23N3O2S/c1-8(2)10(11(17)13-15-6-7-19-13)16-12(18)9-4-3-5-14-9/h8-10,13-15H,3-7H2,1-2H3,(H,16,18). The lowest BCUT2D eigenvalue weighted by atomic mass is 9.99. The predicted octanol–water partition coefficient (Wildman–Crippen LogP) is 0.111. The Bertz CT molecular complexity index is 337. The second-order valence-corrected chi connectivity index (χ2v) is 6.70. The molecule has 2 saturated heterocycles. The first-order chi connectivity index (χ1) is 9.09.